The van der Waals surface area contributed by atoms with Crippen LogP contribution in [0.15, 0.2) is 18.2 Å². The van der Waals surface area contributed by atoms with Gasteiger partial charge in [-0.3, -0.25) is 4.90 Å². The zero-order valence-corrected chi connectivity index (χ0v) is 18.1. The zero-order chi connectivity index (χ0) is 20.9. The van der Waals surface area contributed by atoms with Crippen LogP contribution in [0.3, 0.4) is 0 Å². The third-order valence-electron chi connectivity index (χ3n) is 4.36. The summed E-state index contributed by atoms with van der Waals surface area (Å²) in [6.45, 7) is 8.85. The Hall–Kier alpha value is -1.38. The molecule has 0 heterocycles. The van der Waals surface area contributed by atoms with Crippen LogP contribution in [-0.2, 0) is 14.2 Å². The summed E-state index contributed by atoms with van der Waals surface area (Å²) in [6, 6.07) is 5.98. The largest absolute Gasteiger partial charge is 0.493 e. The fraction of sp³-hybridized carbons (Fsp3) is 0.714. The molecule has 0 amide bonds. The van der Waals surface area contributed by atoms with E-state index in [9.17, 15) is 5.11 Å². The quantitative estimate of drug-likeness (QED) is 0.455. The SMILES string of the molecule is COCCOc1ccc([C@H](C)N(C)C[C@@H](O)COCCOC(C)C)cc1OC. The lowest BCUT2D eigenvalue weighted by Crippen LogP contribution is -2.34. The molecule has 0 saturated heterocycles. The van der Waals surface area contributed by atoms with E-state index in [1.807, 2.05) is 39.1 Å². The monoisotopic (exact) mass is 399 g/mol. The van der Waals surface area contributed by atoms with E-state index in [0.717, 1.165) is 5.56 Å². The molecule has 0 aliphatic rings. The van der Waals surface area contributed by atoms with Gasteiger partial charge in [0, 0.05) is 19.7 Å². The lowest BCUT2D eigenvalue weighted by molar-refractivity contribution is -0.0193. The predicted octanol–water partition coefficient (Wildman–Crippen LogP) is 2.52. The molecule has 0 fully saturated rings. The lowest BCUT2D eigenvalue weighted by Gasteiger charge is -2.27. The van der Waals surface area contributed by atoms with E-state index >= 15 is 0 Å². The highest BCUT2D eigenvalue weighted by atomic mass is 16.5. The number of rotatable bonds is 15. The van der Waals surface area contributed by atoms with Gasteiger partial charge in [0.05, 0.1) is 45.7 Å². The molecule has 0 saturated carbocycles. The Labute approximate surface area is 169 Å². The van der Waals surface area contributed by atoms with Gasteiger partial charge < -0.3 is 28.8 Å². The van der Waals surface area contributed by atoms with Crippen molar-refractivity contribution in [3.05, 3.63) is 23.8 Å². The first-order chi connectivity index (χ1) is 13.4. The standard InChI is InChI=1S/C21H37NO6/c1-16(2)27-12-10-26-15-19(23)14-22(4)17(3)18-7-8-20(21(13-18)25-6)28-11-9-24-5/h7-8,13,16-17,19,23H,9-12,14-15H2,1-6H3/t17-,19+/m0/s1. The summed E-state index contributed by atoms with van der Waals surface area (Å²) < 4.78 is 27.0. The molecule has 7 nitrogen and oxygen atoms in total. The second kappa shape index (κ2) is 13.7. The predicted molar refractivity (Wildman–Crippen MR) is 109 cm³/mol. The van der Waals surface area contributed by atoms with E-state index in [0.29, 0.717) is 44.5 Å². The molecular formula is C21H37NO6. The van der Waals surface area contributed by atoms with Gasteiger partial charge in [-0.1, -0.05) is 6.07 Å². The van der Waals surface area contributed by atoms with Crippen LogP contribution in [0, 0.1) is 0 Å². The second-order valence-electron chi connectivity index (χ2n) is 7.02. The maximum Gasteiger partial charge on any atom is 0.161 e. The summed E-state index contributed by atoms with van der Waals surface area (Å²) >= 11 is 0. The molecule has 0 aliphatic heterocycles. The van der Waals surface area contributed by atoms with Gasteiger partial charge in [0.15, 0.2) is 11.5 Å². The van der Waals surface area contributed by atoms with Crippen LogP contribution in [0.2, 0.25) is 0 Å². The number of nitrogens with zero attached hydrogens (tertiary/aromatic N) is 1. The molecule has 1 rings (SSSR count). The van der Waals surface area contributed by atoms with Crippen molar-refractivity contribution < 1.29 is 28.8 Å². The molecule has 2 atom stereocenters. The molecule has 0 aromatic heterocycles. The number of likely N-dealkylation sites (N-methyl/N-ethyl adjacent to an activating group) is 1. The lowest BCUT2D eigenvalue weighted by atomic mass is 10.1. The summed E-state index contributed by atoms with van der Waals surface area (Å²) in [6.07, 6.45) is -0.376. The van der Waals surface area contributed by atoms with Crippen molar-refractivity contribution in [2.45, 2.75) is 39.0 Å². The first kappa shape index (κ1) is 24.7. The summed E-state index contributed by atoms with van der Waals surface area (Å²) in [5.74, 6) is 1.37. The van der Waals surface area contributed by atoms with E-state index in [1.165, 1.54) is 0 Å². The highest BCUT2D eigenvalue weighted by molar-refractivity contribution is 5.43. The molecule has 0 radical (unpaired) electrons. The Kier molecular flexibility index (Phi) is 12.1. The third kappa shape index (κ3) is 9.21. The van der Waals surface area contributed by atoms with Crippen molar-refractivity contribution in [1.82, 2.24) is 4.90 Å². The molecule has 1 N–H and O–H groups in total. The van der Waals surface area contributed by atoms with Gasteiger partial charge in [-0.25, -0.2) is 0 Å². The zero-order valence-electron chi connectivity index (χ0n) is 18.1. The fourth-order valence-electron chi connectivity index (χ4n) is 2.66. The topological polar surface area (TPSA) is 69.6 Å². The van der Waals surface area contributed by atoms with E-state index in [-0.39, 0.29) is 18.8 Å². The maximum atomic E-state index is 10.2. The van der Waals surface area contributed by atoms with Gasteiger partial charge >= 0.3 is 0 Å². The summed E-state index contributed by atoms with van der Waals surface area (Å²) in [7, 11) is 5.24. The molecule has 1 aromatic rings. The van der Waals surface area contributed by atoms with Crippen molar-refractivity contribution in [2.24, 2.45) is 0 Å². The fourth-order valence-corrected chi connectivity index (χ4v) is 2.66. The minimum absolute atomic E-state index is 0.0980. The Morgan fingerprint density at radius 1 is 1.00 bits per heavy atom. The van der Waals surface area contributed by atoms with Crippen LogP contribution >= 0.6 is 0 Å². The second-order valence-corrected chi connectivity index (χ2v) is 7.02. The van der Waals surface area contributed by atoms with Crippen LogP contribution in [-0.4, -0.2) is 83.1 Å². The number of hydrogen-bond donors (Lipinski definition) is 1. The van der Waals surface area contributed by atoms with Gasteiger partial charge in [-0.2, -0.15) is 0 Å². The van der Waals surface area contributed by atoms with E-state index in [1.54, 1.807) is 14.2 Å². The van der Waals surface area contributed by atoms with E-state index in [4.69, 9.17) is 23.7 Å². The first-order valence-corrected chi connectivity index (χ1v) is 9.76. The molecular weight excluding hydrogens is 362 g/mol. The number of methoxy groups -OCH3 is 2. The Balaban J connectivity index is 2.51. The van der Waals surface area contributed by atoms with Gasteiger partial charge in [-0.15, -0.1) is 0 Å². The van der Waals surface area contributed by atoms with E-state index in [2.05, 4.69) is 11.8 Å². The molecule has 1 aromatic carbocycles. The average molecular weight is 400 g/mol. The number of benzene rings is 1. The van der Waals surface area contributed by atoms with Gasteiger partial charge in [-0.05, 0) is 45.5 Å². The summed E-state index contributed by atoms with van der Waals surface area (Å²) in [5.41, 5.74) is 1.08. The Morgan fingerprint density at radius 2 is 1.75 bits per heavy atom. The third-order valence-corrected chi connectivity index (χ3v) is 4.36. The van der Waals surface area contributed by atoms with Crippen molar-refractivity contribution in [3.8, 4) is 11.5 Å². The van der Waals surface area contributed by atoms with Crippen LogP contribution in [0.4, 0.5) is 0 Å². The van der Waals surface area contributed by atoms with Gasteiger partial charge in [0.1, 0.15) is 6.61 Å². The van der Waals surface area contributed by atoms with Gasteiger partial charge in [0.25, 0.3) is 0 Å². The molecule has 0 bridgehead atoms. The van der Waals surface area contributed by atoms with Gasteiger partial charge in [0.2, 0.25) is 0 Å². The van der Waals surface area contributed by atoms with Crippen molar-refractivity contribution in [2.75, 3.05) is 60.8 Å². The molecule has 0 aliphatic carbocycles. The highest BCUT2D eigenvalue weighted by Crippen LogP contribution is 2.31. The number of ether oxygens (including phenoxy) is 5. The maximum absolute atomic E-state index is 10.2. The molecule has 0 spiro atoms. The minimum Gasteiger partial charge on any atom is -0.493 e. The molecule has 162 valence electrons. The number of hydrogen-bond acceptors (Lipinski definition) is 7. The first-order valence-electron chi connectivity index (χ1n) is 9.76. The highest BCUT2D eigenvalue weighted by Gasteiger charge is 2.17. The number of aliphatic hydroxyl groups excluding tert-OH is 1. The minimum atomic E-state index is -0.565. The van der Waals surface area contributed by atoms with Crippen molar-refractivity contribution in [3.63, 3.8) is 0 Å². The summed E-state index contributed by atoms with van der Waals surface area (Å²) in [4.78, 5) is 2.08. The molecule has 28 heavy (non-hydrogen) atoms. The Bertz CT molecular complexity index is 540. The van der Waals surface area contributed by atoms with E-state index < -0.39 is 6.10 Å². The van der Waals surface area contributed by atoms with Crippen LogP contribution in [0.1, 0.15) is 32.4 Å². The number of aliphatic hydroxyl groups is 1. The normalized spacial score (nSPS) is 13.8. The molecule has 0 unspecified atom stereocenters. The smallest absolute Gasteiger partial charge is 0.161 e. The van der Waals surface area contributed by atoms with Crippen LogP contribution in [0.25, 0.3) is 0 Å². The Morgan fingerprint density at radius 3 is 2.39 bits per heavy atom. The van der Waals surface area contributed by atoms with Crippen LogP contribution in [0.5, 0.6) is 11.5 Å². The average Bonchev–Trinajstić information content (AvgIpc) is 2.67. The summed E-state index contributed by atoms with van der Waals surface area (Å²) in [5, 5.41) is 10.2. The van der Waals surface area contributed by atoms with Crippen molar-refractivity contribution in [1.29, 1.82) is 0 Å². The molecule has 7 heteroatoms. The van der Waals surface area contributed by atoms with Crippen LogP contribution < -0.4 is 9.47 Å². The van der Waals surface area contributed by atoms with Crippen molar-refractivity contribution >= 4 is 0 Å².